The van der Waals surface area contributed by atoms with Gasteiger partial charge in [0.25, 0.3) is 0 Å². The molecule has 0 aliphatic rings. The van der Waals surface area contributed by atoms with Crippen LogP contribution in [0.1, 0.15) is 25.8 Å². The molecule has 1 heterocycles. The van der Waals surface area contributed by atoms with E-state index in [1.54, 1.807) is 0 Å². The van der Waals surface area contributed by atoms with E-state index in [0.29, 0.717) is 10.9 Å². The quantitative estimate of drug-likeness (QED) is 0.848. The van der Waals surface area contributed by atoms with Crippen molar-refractivity contribution in [1.82, 2.24) is 10.3 Å². The van der Waals surface area contributed by atoms with E-state index in [4.69, 9.17) is 0 Å². The number of benzene rings is 1. The van der Waals surface area contributed by atoms with Gasteiger partial charge >= 0.3 is 0 Å². The summed E-state index contributed by atoms with van der Waals surface area (Å²) in [7, 11) is 0. The predicted molar refractivity (Wildman–Crippen MR) is 81.1 cm³/mol. The first-order valence-electron chi connectivity index (χ1n) is 6.36. The number of nitrogens with zero attached hydrogens (tertiary/aromatic N) is 1. The fourth-order valence-corrected chi connectivity index (χ4v) is 2.66. The molecule has 0 aliphatic heterocycles. The number of hydrogen-bond donors (Lipinski definition) is 1. The lowest BCUT2D eigenvalue weighted by atomic mass is 10.1. The van der Waals surface area contributed by atoms with Crippen LogP contribution in [0.2, 0.25) is 0 Å². The highest BCUT2D eigenvalue weighted by Gasteiger charge is 2.05. The molecule has 2 unspecified atom stereocenters. The summed E-state index contributed by atoms with van der Waals surface area (Å²) in [5.74, 6) is 0. The monoisotopic (exact) mass is 306 g/mol. The highest BCUT2D eigenvalue weighted by atomic mass is 79.9. The molecule has 1 aromatic heterocycles. The van der Waals surface area contributed by atoms with Gasteiger partial charge < -0.3 is 5.32 Å². The van der Waals surface area contributed by atoms with Crippen LogP contribution < -0.4 is 5.32 Å². The van der Waals surface area contributed by atoms with E-state index in [1.807, 2.05) is 12.3 Å². The maximum Gasteiger partial charge on any atom is 0.0702 e. The molecule has 0 radical (unpaired) electrons. The Hall–Kier alpha value is -0.930. The largest absolute Gasteiger partial charge is 0.310 e. The molecular weight excluding hydrogens is 288 g/mol. The van der Waals surface area contributed by atoms with Crippen LogP contribution >= 0.6 is 15.9 Å². The van der Waals surface area contributed by atoms with Gasteiger partial charge in [0, 0.05) is 29.0 Å². The van der Waals surface area contributed by atoms with Crippen molar-refractivity contribution < 1.29 is 0 Å². The summed E-state index contributed by atoms with van der Waals surface area (Å²) in [6.45, 7) is 5.31. The van der Waals surface area contributed by atoms with E-state index in [2.05, 4.69) is 64.3 Å². The number of pyridine rings is 1. The summed E-state index contributed by atoms with van der Waals surface area (Å²) in [6.07, 6.45) is 2.97. The molecule has 2 nitrogen and oxygen atoms in total. The summed E-state index contributed by atoms with van der Waals surface area (Å²) < 4.78 is 0. The maximum atomic E-state index is 4.33. The molecule has 0 aliphatic carbocycles. The number of hydrogen-bond acceptors (Lipinski definition) is 2. The second-order valence-electron chi connectivity index (χ2n) is 4.83. The Morgan fingerprint density at radius 2 is 2.11 bits per heavy atom. The second kappa shape index (κ2) is 6.30. The molecule has 2 aromatic rings. The second-order valence-corrected chi connectivity index (χ2v) is 6.39. The van der Waals surface area contributed by atoms with Crippen LogP contribution in [0.25, 0.3) is 10.9 Å². The fourth-order valence-electron chi connectivity index (χ4n) is 2.10. The third kappa shape index (κ3) is 3.79. The Labute approximate surface area is 117 Å². The minimum Gasteiger partial charge on any atom is -0.310 e. The molecule has 0 saturated carbocycles. The zero-order valence-electron chi connectivity index (χ0n) is 10.9. The Bertz CT molecular complexity index is 511. The number of nitrogens with one attached hydrogen (secondary N) is 1. The molecule has 1 aromatic carbocycles. The highest BCUT2D eigenvalue weighted by molar-refractivity contribution is 9.09. The van der Waals surface area contributed by atoms with Crippen molar-refractivity contribution in [1.29, 1.82) is 0 Å². The van der Waals surface area contributed by atoms with E-state index >= 15 is 0 Å². The Kier molecular flexibility index (Phi) is 4.72. The molecule has 0 saturated heterocycles. The van der Waals surface area contributed by atoms with E-state index in [1.165, 1.54) is 10.9 Å². The molecule has 18 heavy (non-hydrogen) atoms. The third-order valence-electron chi connectivity index (χ3n) is 3.00. The molecule has 0 fully saturated rings. The van der Waals surface area contributed by atoms with Gasteiger partial charge in [-0.15, -0.1) is 0 Å². The van der Waals surface area contributed by atoms with Crippen LogP contribution in [0.5, 0.6) is 0 Å². The van der Waals surface area contributed by atoms with Gasteiger partial charge in [-0.1, -0.05) is 35.0 Å². The van der Waals surface area contributed by atoms with Crippen LogP contribution in [0, 0.1) is 0 Å². The Morgan fingerprint density at radius 1 is 1.28 bits per heavy atom. The summed E-state index contributed by atoms with van der Waals surface area (Å²) in [5.41, 5.74) is 2.37. The molecule has 0 spiro atoms. The van der Waals surface area contributed by atoms with Crippen molar-refractivity contribution in [3.63, 3.8) is 0 Å². The molecule has 2 atom stereocenters. The van der Waals surface area contributed by atoms with Gasteiger partial charge in [-0.05, 0) is 37.1 Å². The van der Waals surface area contributed by atoms with Crippen LogP contribution in [0.15, 0.2) is 36.5 Å². The molecule has 3 heteroatoms. The average Bonchev–Trinajstić information content (AvgIpc) is 2.35. The van der Waals surface area contributed by atoms with E-state index < -0.39 is 0 Å². The van der Waals surface area contributed by atoms with Gasteiger partial charge in [0.2, 0.25) is 0 Å². The Morgan fingerprint density at radius 3 is 2.89 bits per heavy atom. The van der Waals surface area contributed by atoms with E-state index in [9.17, 15) is 0 Å². The van der Waals surface area contributed by atoms with Crippen molar-refractivity contribution in [2.24, 2.45) is 0 Å². The summed E-state index contributed by atoms with van der Waals surface area (Å²) in [6, 6.07) is 11.0. The molecule has 2 rings (SSSR count). The van der Waals surface area contributed by atoms with Crippen molar-refractivity contribution in [3.05, 3.63) is 42.1 Å². The first kappa shape index (κ1) is 13.5. The topological polar surface area (TPSA) is 24.9 Å². The van der Waals surface area contributed by atoms with Gasteiger partial charge in [-0.2, -0.15) is 0 Å². The van der Waals surface area contributed by atoms with Crippen LogP contribution in [0.4, 0.5) is 0 Å². The van der Waals surface area contributed by atoms with Crippen LogP contribution in [-0.4, -0.2) is 15.9 Å². The lowest BCUT2D eigenvalue weighted by Gasteiger charge is -2.15. The molecular formula is C15H19BrN2. The van der Waals surface area contributed by atoms with Crippen molar-refractivity contribution in [2.45, 2.75) is 37.7 Å². The third-order valence-corrected chi connectivity index (χ3v) is 3.37. The first-order chi connectivity index (χ1) is 8.65. The zero-order chi connectivity index (χ0) is 13.0. The van der Waals surface area contributed by atoms with Gasteiger partial charge in [-0.3, -0.25) is 4.98 Å². The SMILES string of the molecule is CC(Br)CC(C)NCc1ccc2ncccc2c1. The molecule has 0 amide bonds. The lowest BCUT2D eigenvalue weighted by molar-refractivity contribution is 0.516. The van der Waals surface area contributed by atoms with Crippen molar-refractivity contribution in [2.75, 3.05) is 0 Å². The molecule has 96 valence electrons. The van der Waals surface area contributed by atoms with Crippen LogP contribution in [0.3, 0.4) is 0 Å². The van der Waals surface area contributed by atoms with Crippen LogP contribution in [-0.2, 0) is 6.54 Å². The first-order valence-corrected chi connectivity index (χ1v) is 7.28. The highest BCUT2D eigenvalue weighted by Crippen LogP contribution is 2.14. The standard InChI is InChI=1S/C15H19BrN2/c1-11(16)8-12(2)18-10-13-5-6-15-14(9-13)4-3-7-17-15/h3-7,9,11-12,18H,8,10H2,1-2H3. The number of rotatable bonds is 5. The summed E-state index contributed by atoms with van der Waals surface area (Å²) in [4.78, 5) is 4.89. The molecule has 1 N–H and O–H groups in total. The minimum atomic E-state index is 0.518. The summed E-state index contributed by atoms with van der Waals surface area (Å²) >= 11 is 3.59. The minimum absolute atomic E-state index is 0.518. The smallest absolute Gasteiger partial charge is 0.0702 e. The number of fused-ring (bicyclic) bond motifs is 1. The van der Waals surface area contributed by atoms with Gasteiger partial charge in [0.15, 0.2) is 0 Å². The van der Waals surface area contributed by atoms with Gasteiger partial charge in [-0.25, -0.2) is 0 Å². The predicted octanol–water partition coefficient (Wildman–Crippen LogP) is 3.89. The normalized spacial score (nSPS) is 14.6. The number of halogens is 1. The van der Waals surface area contributed by atoms with E-state index in [-0.39, 0.29) is 0 Å². The lowest BCUT2D eigenvalue weighted by Crippen LogP contribution is -2.27. The van der Waals surface area contributed by atoms with Crippen molar-refractivity contribution >= 4 is 26.8 Å². The number of aromatic nitrogens is 1. The van der Waals surface area contributed by atoms with E-state index in [0.717, 1.165) is 18.5 Å². The summed E-state index contributed by atoms with van der Waals surface area (Å²) in [5, 5.41) is 4.75. The van der Waals surface area contributed by atoms with Crippen molar-refractivity contribution in [3.8, 4) is 0 Å². The average molecular weight is 307 g/mol. The number of alkyl halides is 1. The Balaban J connectivity index is 1.99. The maximum absolute atomic E-state index is 4.33. The molecule has 0 bridgehead atoms. The zero-order valence-corrected chi connectivity index (χ0v) is 12.4. The fraction of sp³-hybridized carbons (Fsp3) is 0.400. The van der Waals surface area contributed by atoms with Gasteiger partial charge in [0.1, 0.15) is 0 Å². The van der Waals surface area contributed by atoms with Gasteiger partial charge in [0.05, 0.1) is 5.52 Å².